The lowest BCUT2D eigenvalue weighted by molar-refractivity contribution is -0.0296. The molecule has 0 N–H and O–H groups in total. The Morgan fingerprint density at radius 3 is 2.65 bits per heavy atom. The van der Waals surface area contributed by atoms with E-state index in [1.807, 2.05) is 0 Å². The van der Waals surface area contributed by atoms with Crippen LogP contribution >= 0.6 is 22.9 Å². The molecule has 3 nitrogen and oxygen atoms in total. The van der Waals surface area contributed by atoms with E-state index < -0.39 is 0 Å². The summed E-state index contributed by atoms with van der Waals surface area (Å²) >= 11 is 2.50. The number of likely N-dealkylation sites (tertiary alicyclic amines) is 1. The number of rotatable bonds is 5. The molecule has 2 saturated heterocycles. The number of halogens is 1. The van der Waals surface area contributed by atoms with Gasteiger partial charge in [0.2, 0.25) is 0 Å². The van der Waals surface area contributed by atoms with Crippen LogP contribution < -0.4 is 0 Å². The first kappa shape index (κ1) is 16.3. The molecule has 4 heteroatoms. The molecular formula is C19H27IN2O. The van der Waals surface area contributed by atoms with Gasteiger partial charge < -0.3 is 4.74 Å². The predicted octanol–water partition coefficient (Wildman–Crippen LogP) is 3.67. The Hall–Kier alpha value is -0.170. The first-order chi connectivity index (χ1) is 11.3. The molecule has 1 spiro atoms. The van der Waals surface area contributed by atoms with Gasteiger partial charge in [-0.3, -0.25) is 4.90 Å². The highest BCUT2D eigenvalue weighted by Gasteiger charge is 2.56. The molecule has 3 aliphatic rings. The monoisotopic (exact) mass is 426 g/mol. The van der Waals surface area contributed by atoms with Crippen LogP contribution in [0.3, 0.4) is 0 Å². The molecule has 0 amide bonds. The fourth-order valence-electron chi connectivity index (χ4n) is 4.38. The topological polar surface area (TPSA) is 15.5 Å². The second-order valence-electron chi connectivity index (χ2n) is 7.46. The molecule has 126 valence electrons. The lowest BCUT2D eigenvalue weighted by Crippen LogP contribution is -2.46. The lowest BCUT2D eigenvalue weighted by Gasteiger charge is -2.38. The second kappa shape index (κ2) is 6.98. The Morgan fingerprint density at radius 1 is 1.13 bits per heavy atom. The standard InChI is InChI=1S/C19H27IN2O/c20-22-15-19(22)11-12-21(14-19)17-8-4-5-9-18(17)23-13-10-16-6-2-1-3-7-16/h1-3,6-7,17-18H,4-5,8-15H2/t17?,18-,19?,22?/m1/s1. The summed E-state index contributed by atoms with van der Waals surface area (Å²) in [4.78, 5) is 2.74. The van der Waals surface area contributed by atoms with Gasteiger partial charge in [0.05, 0.1) is 18.2 Å². The zero-order valence-corrected chi connectivity index (χ0v) is 16.0. The van der Waals surface area contributed by atoms with E-state index in [2.05, 4.69) is 61.2 Å². The molecule has 2 aliphatic heterocycles. The normalized spacial score (nSPS) is 37.3. The summed E-state index contributed by atoms with van der Waals surface area (Å²) in [6.45, 7) is 4.68. The second-order valence-corrected chi connectivity index (χ2v) is 8.63. The van der Waals surface area contributed by atoms with Crippen molar-refractivity contribution in [2.75, 3.05) is 26.2 Å². The molecule has 1 aromatic rings. The quantitative estimate of drug-likeness (QED) is 0.406. The third kappa shape index (κ3) is 3.60. The van der Waals surface area contributed by atoms with Crippen LogP contribution in [0.4, 0.5) is 0 Å². The van der Waals surface area contributed by atoms with Gasteiger partial charge in [0.25, 0.3) is 0 Å². The van der Waals surface area contributed by atoms with E-state index in [9.17, 15) is 0 Å². The van der Waals surface area contributed by atoms with E-state index in [-0.39, 0.29) is 0 Å². The molecule has 1 aliphatic carbocycles. The van der Waals surface area contributed by atoms with Crippen molar-refractivity contribution in [3.8, 4) is 0 Å². The van der Waals surface area contributed by atoms with Crippen molar-refractivity contribution in [1.29, 1.82) is 0 Å². The van der Waals surface area contributed by atoms with Crippen LogP contribution in [0.25, 0.3) is 0 Å². The van der Waals surface area contributed by atoms with Gasteiger partial charge in [-0.2, -0.15) is 0 Å². The van der Waals surface area contributed by atoms with Crippen molar-refractivity contribution >= 4 is 22.9 Å². The number of benzene rings is 1. The summed E-state index contributed by atoms with van der Waals surface area (Å²) in [6.07, 6.45) is 8.12. The number of ether oxygens (including phenoxy) is 1. The van der Waals surface area contributed by atoms with Gasteiger partial charge in [-0.05, 0) is 31.2 Å². The molecule has 3 unspecified atom stereocenters. The highest BCUT2D eigenvalue weighted by Crippen LogP contribution is 2.45. The van der Waals surface area contributed by atoms with Crippen LogP contribution in [0, 0.1) is 0 Å². The molecule has 1 saturated carbocycles. The van der Waals surface area contributed by atoms with Crippen LogP contribution in [0.5, 0.6) is 0 Å². The van der Waals surface area contributed by atoms with E-state index >= 15 is 0 Å². The Bertz CT molecular complexity index is 525. The zero-order chi connectivity index (χ0) is 15.7. The van der Waals surface area contributed by atoms with Gasteiger partial charge in [0.1, 0.15) is 0 Å². The molecule has 0 aromatic heterocycles. The zero-order valence-electron chi connectivity index (χ0n) is 13.8. The summed E-state index contributed by atoms with van der Waals surface area (Å²) < 4.78 is 8.87. The smallest absolute Gasteiger partial charge is 0.0730 e. The largest absolute Gasteiger partial charge is 0.376 e. The van der Waals surface area contributed by atoms with E-state index in [1.165, 1.54) is 57.3 Å². The van der Waals surface area contributed by atoms with Crippen LogP contribution in [0.15, 0.2) is 30.3 Å². The molecule has 2 heterocycles. The fraction of sp³-hybridized carbons (Fsp3) is 0.684. The molecule has 4 atom stereocenters. The molecule has 0 radical (unpaired) electrons. The number of hydrogen-bond donors (Lipinski definition) is 0. The molecule has 1 aromatic carbocycles. The highest BCUT2D eigenvalue weighted by atomic mass is 127. The van der Waals surface area contributed by atoms with Crippen molar-refractivity contribution in [2.24, 2.45) is 0 Å². The van der Waals surface area contributed by atoms with E-state index in [1.54, 1.807) is 0 Å². The maximum absolute atomic E-state index is 6.37. The average Bonchev–Trinajstić information content (AvgIpc) is 3.02. The van der Waals surface area contributed by atoms with Gasteiger partial charge >= 0.3 is 0 Å². The first-order valence-corrected chi connectivity index (χ1v) is 10.1. The summed E-state index contributed by atoms with van der Waals surface area (Å²) in [5.74, 6) is 0. The van der Waals surface area contributed by atoms with E-state index in [4.69, 9.17) is 4.74 Å². The Balaban J connectivity index is 1.31. The molecule has 4 rings (SSSR count). The minimum absolute atomic E-state index is 0.448. The Morgan fingerprint density at radius 2 is 1.91 bits per heavy atom. The minimum atomic E-state index is 0.448. The number of nitrogens with zero attached hydrogens (tertiary/aromatic N) is 2. The Kier molecular flexibility index (Phi) is 4.95. The summed E-state index contributed by atoms with van der Waals surface area (Å²) in [6, 6.07) is 11.4. The first-order valence-electron chi connectivity index (χ1n) is 9.10. The van der Waals surface area contributed by atoms with Crippen molar-refractivity contribution in [3.05, 3.63) is 35.9 Å². The minimum Gasteiger partial charge on any atom is -0.376 e. The van der Waals surface area contributed by atoms with Crippen molar-refractivity contribution < 1.29 is 4.74 Å². The van der Waals surface area contributed by atoms with E-state index in [0.29, 0.717) is 17.7 Å². The van der Waals surface area contributed by atoms with Gasteiger partial charge in [0.15, 0.2) is 0 Å². The third-order valence-corrected chi connectivity index (χ3v) is 7.27. The predicted molar refractivity (Wildman–Crippen MR) is 102 cm³/mol. The van der Waals surface area contributed by atoms with Crippen molar-refractivity contribution in [2.45, 2.75) is 56.2 Å². The Labute approximate surface area is 153 Å². The van der Waals surface area contributed by atoms with Crippen molar-refractivity contribution in [1.82, 2.24) is 8.01 Å². The summed E-state index contributed by atoms with van der Waals surface area (Å²) in [5.41, 5.74) is 1.91. The maximum Gasteiger partial charge on any atom is 0.0730 e. The van der Waals surface area contributed by atoms with Crippen molar-refractivity contribution in [3.63, 3.8) is 0 Å². The summed E-state index contributed by atoms with van der Waals surface area (Å²) in [5, 5.41) is 0. The van der Waals surface area contributed by atoms with Gasteiger partial charge in [-0.15, -0.1) is 0 Å². The molecule has 3 fully saturated rings. The highest BCUT2D eigenvalue weighted by molar-refractivity contribution is 14.1. The molecule has 23 heavy (non-hydrogen) atoms. The fourth-order valence-corrected chi connectivity index (χ4v) is 5.41. The van der Waals surface area contributed by atoms with Gasteiger partial charge in [-0.1, -0.05) is 43.2 Å². The van der Waals surface area contributed by atoms with Gasteiger partial charge in [-0.25, -0.2) is 3.11 Å². The van der Waals surface area contributed by atoms with Gasteiger partial charge in [0, 0.05) is 48.5 Å². The van der Waals surface area contributed by atoms with Crippen LogP contribution in [0.1, 0.15) is 37.7 Å². The molecule has 0 bridgehead atoms. The lowest BCUT2D eigenvalue weighted by atomic mass is 9.91. The summed E-state index contributed by atoms with van der Waals surface area (Å²) in [7, 11) is 0. The maximum atomic E-state index is 6.37. The number of hydrogen-bond acceptors (Lipinski definition) is 3. The molecular weight excluding hydrogens is 399 g/mol. The third-order valence-electron chi connectivity index (χ3n) is 5.91. The van der Waals surface area contributed by atoms with Crippen LogP contribution in [-0.4, -0.2) is 51.9 Å². The van der Waals surface area contributed by atoms with Crippen LogP contribution in [0.2, 0.25) is 0 Å². The SMILES string of the molecule is IN1CC12CCN(C1CCCC[C@H]1OCCc1ccccc1)C2. The van der Waals surface area contributed by atoms with Crippen LogP contribution in [-0.2, 0) is 11.2 Å². The average molecular weight is 426 g/mol. The van der Waals surface area contributed by atoms with E-state index in [0.717, 1.165) is 13.0 Å².